The summed E-state index contributed by atoms with van der Waals surface area (Å²) in [6, 6.07) is 3.72. The molecule has 0 fully saturated rings. The molecule has 1 rings (SSSR count). The SMILES string of the molecule is CC(CCNc1ccc(N)c(C(F)(F)F)c1)S(C)=O. The van der Waals surface area contributed by atoms with E-state index in [1.165, 1.54) is 12.1 Å². The number of halogens is 3. The molecule has 0 radical (unpaired) electrons. The zero-order valence-electron chi connectivity index (χ0n) is 10.8. The molecule has 1 aromatic rings. The first-order valence-electron chi connectivity index (χ1n) is 5.74. The Hall–Kier alpha value is -1.24. The van der Waals surface area contributed by atoms with Crippen molar-refractivity contribution in [3.05, 3.63) is 23.8 Å². The normalized spacial score (nSPS) is 15.0. The van der Waals surface area contributed by atoms with Gasteiger partial charge in [-0.25, -0.2) is 0 Å². The molecule has 19 heavy (non-hydrogen) atoms. The monoisotopic (exact) mass is 294 g/mol. The second-order valence-corrected chi connectivity index (χ2v) is 6.13. The number of nitrogens with one attached hydrogen (secondary N) is 1. The zero-order valence-corrected chi connectivity index (χ0v) is 11.6. The van der Waals surface area contributed by atoms with E-state index >= 15 is 0 Å². The van der Waals surface area contributed by atoms with E-state index in [0.29, 0.717) is 18.7 Å². The van der Waals surface area contributed by atoms with Crippen LogP contribution in [0.3, 0.4) is 0 Å². The van der Waals surface area contributed by atoms with Crippen molar-refractivity contribution in [2.75, 3.05) is 23.9 Å². The molecule has 3 nitrogen and oxygen atoms in total. The van der Waals surface area contributed by atoms with Crippen molar-refractivity contribution in [2.45, 2.75) is 24.8 Å². The quantitative estimate of drug-likeness (QED) is 0.821. The lowest BCUT2D eigenvalue weighted by molar-refractivity contribution is -0.136. The lowest BCUT2D eigenvalue weighted by atomic mass is 10.1. The second-order valence-electron chi connectivity index (χ2n) is 4.32. The van der Waals surface area contributed by atoms with E-state index in [-0.39, 0.29) is 10.9 Å². The van der Waals surface area contributed by atoms with E-state index in [1.54, 1.807) is 6.26 Å². The van der Waals surface area contributed by atoms with Crippen LogP contribution < -0.4 is 11.1 Å². The van der Waals surface area contributed by atoms with Gasteiger partial charge in [-0.1, -0.05) is 6.92 Å². The van der Waals surface area contributed by atoms with Crippen LogP contribution in [0.25, 0.3) is 0 Å². The summed E-state index contributed by atoms with van der Waals surface area (Å²) >= 11 is 0. The van der Waals surface area contributed by atoms with Crippen molar-refractivity contribution in [3.63, 3.8) is 0 Å². The minimum atomic E-state index is -4.46. The van der Waals surface area contributed by atoms with E-state index in [0.717, 1.165) is 6.07 Å². The minimum Gasteiger partial charge on any atom is -0.398 e. The van der Waals surface area contributed by atoms with Crippen LogP contribution >= 0.6 is 0 Å². The maximum Gasteiger partial charge on any atom is 0.418 e. The highest BCUT2D eigenvalue weighted by Crippen LogP contribution is 2.35. The largest absolute Gasteiger partial charge is 0.418 e. The molecule has 0 aliphatic heterocycles. The first-order chi connectivity index (χ1) is 8.71. The van der Waals surface area contributed by atoms with Crippen molar-refractivity contribution in [3.8, 4) is 0 Å². The standard InChI is InChI=1S/C12H17F3N2OS/c1-8(19(2)18)5-6-17-9-3-4-11(16)10(7-9)12(13,14)15/h3-4,7-8,17H,5-6,16H2,1-2H3. The van der Waals surface area contributed by atoms with Gasteiger partial charge in [0.1, 0.15) is 0 Å². The number of rotatable bonds is 5. The van der Waals surface area contributed by atoms with E-state index < -0.39 is 22.5 Å². The highest BCUT2D eigenvalue weighted by molar-refractivity contribution is 7.84. The maximum atomic E-state index is 12.6. The predicted molar refractivity (Wildman–Crippen MR) is 72.5 cm³/mol. The molecule has 0 bridgehead atoms. The Morgan fingerprint density at radius 1 is 1.42 bits per heavy atom. The third-order valence-corrected chi connectivity index (χ3v) is 4.17. The molecular formula is C12H17F3N2OS. The molecule has 0 amide bonds. The summed E-state index contributed by atoms with van der Waals surface area (Å²) in [5.74, 6) is 0. The van der Waals surface area contributed by atoms with E-state index in [2.05, 4.69) is 5.32 Å². The fourth-order valence-electron chi connectivity index (χ4n) is 1.50. The highest BCUT2D eigenvalue weighted by Gasteiger charge is 2.33. The molecule has 0 saturated carbocycles. The second kappa shape index (κ2) is 6.27. The van der Waals surface area contributed by atoms with Crippen molar-refractivity contribution >= 4 is 22.2 Å². The molecule has 0 heterocycles. The smallest absolute Gasteiger partial charge is 0.398 e. The van der Waals surface area contributed by atoms with Gasteiger partial charge in [-0.2, -0.15) is 13.2 Å². The number of alkyl halides is 3. The maximum absolute atomic E-state index is 12.6. The summed E-state index contributed by atoms with van der Waals surface area (Å²) in [6.45, 7) is 2.30. The molecular weight excluding hydrogens is 277 g/mol. The molecule has 1 aromatic carbocycles. The van der Waals surface area contributed by atoms with Crippen LogP contribution in [0.1, 0.15) is 18.9 Å². The topological polar surface area (TPSA) is 55.1 Å². The summed E-state index contributed by atoms with van der Waals surface area (Å²) in [6.07, 6.45) is -2.23. The summed E-state index contributed by atoms with van der Waals surface area (Å²) in [5, 5.41) is 2.88. The Morgan fingerprint density at radius 2 is 2.05 bits per heavy atom. The molecule has 0 aliphatic carbocycles. The van der Waals surface area contributed by atoms with Crippen molar-refractivity contribution < 1.29 is 17.4 Å². The molecule has 7 heteroatoms. The highest BCUT2D eigenvalue weighted by atomic mass is 32.2. The van der Waals surface area contributed by atoms with Crippen LogP contribution in [0.2, 0.25) is 0 Å². The molecule has 0 aliphatic rings. The number of nitrogens with two attached hydrogens (primary N) is 1. The Balaban J connectivity index is 2.68. The zero-order chi connectivity index (χ0) is 14.6. The van der Waals surface area contributed by atoms with Crippen molar-refractivity contribution in [2.24, 2.45) is 0 Å². The van der Waals surface area contributed by atoms with Gasteiger partial charge in [-0.05, 0) is 24.6 Å². The minimum absolute atomic E-state index is 0.00312. The first-order valence-corrected chi connectivity index (χ1v) is 7.36. The van der Waals surface area contributed by atoms with E-state index in [9.17, 15) is 17.4 Å². The number of benzene rings is 1. The third-order valence-electron chi connectivity index (χ3n) is 2.81. The third kappa shape index (κ3) is 4.74. The van der Waals surface area contributed by atoms with Crippen LogP contribution in [0.5, 0.6) is 0 Å². The van der Waals surface area contributed by atoms with Gasteiger partial charge in [0.05, 0.1) is 5.56 Å². The van der Waals surface area contributed by atoms with Gasteiger partial charge in [0.2, 0.25) is 0 Å². The van der Waals surface area contributed by atoms with Crippen molar-refractivity contribution in [1.82, 2.24) is 0 Å². The van der Waals surface area contributed by atoms with Crippen LogP contribution in [0, 0.1) is 0 Å². The molecule has 0 spiro atoms. The molecule has 2 atom stereocenters. The van der Waals surface area contributed by atoms with Gasteiger partial charge in [0.15, 0.2) is 0 Å². The number of hydrogen-bond donors (Lipinski definition) is 2. The molecule has 3 N–H and O–H groups in total. The van der Waals surface area contributed by atoms with Crippen LogP contribution in [0.15, 0.2) is 18.2 Å². The Labute approximate surface area is 112 Å². The first kappa shape index (κ1) is 15.8. The Kier molecular flexibility index (Phi) is 5.22. The van der Waals surface area contributed by atoms with Crippen LogP contribution in [-0.4, -0.2) is 22.3 Å². The average molecular weight is 294 g/mol. The molecule has 0 aromatic heterocycles. The van der Waals surface area contributed by atoms with Gasteiger partial charge >= 0.3 is 6.18 Å². The molecule has 2 unspecified atom stereocenters. The molecule has 108 valence electrons. The summed E-state index contributed by atoms with van der Waals surface area (Å²) in [5.41, 5.74) is 4.53. The number of anilines is 2. The van der Waals surface area contributed by atoms with Crippen LogP contribution in [-0.2, 0) is 17.0 Å². The van der Waals surface area contributed by atoms with Crippen LogP contribution in [0.4, 0.5) is 24.5 Å². The Bertz CT molecular complexity index is 463. The Morgan fingerprint density at radius 3 is 2.58 bits per heavy atom. The van der Waals surface area contributed by atoms with Gasteiger partial charge in [0, 0.05) is 40.2 Å². The predicted octanol–water partition coefficient (Wildman–Crippen LogP) is 2.86. The van der Waals surface area contributed by atoms with Gasteiger partial charge in [-0.3, -0.25) is 4.21 Å². The fourth-order valence-corrected chi connectivity index (χ4v) is 1.95. The summed E-state index contributed by atoms with van der Waals surface area (Å²) < 4.78 is 49.0. The van der Waals surface area contributed by atoms with Gasteiger partial charge in [0.25, 0.3) is 0 Å². The summed E-state index contributed by atoms with van der Waals surface area (Å²) in [4.78, 5) is 0. The van der Waals surface area contributed by atoms with E-state index in [1.807, 2.05) is 6.92 Å². The summed E-state index contributed by atoms with van der Waals surface area (Å²) in [7, 11) is -0.930. The lowest BCUT2D eigenvalue weighted by Gasteiger charge is -2.14. The number of nitrogen functional groups attached to an aromatic ring is 1. The lowest BCUT2D eigenvalue weighted by Crippen LogP contribution is -2.15. The van der Waals surface area contributed by atoms with Gasteiger partial charge < -0.3 is 11.1 Å². The van der Waals surface area contributed by atoms with Crippen molar-refractivity contribution in [1.29, 1.82) is 0 Å². The number of hydrogen-bond acceptors (Lipinski definition) is 3. The molecule has 0 saturated heterocycles. The van der Waals surface area contributed by atoms with Gasteiger partial charge in [-0.15, -0.1) is 0 Å². The van der Waals surface area contributed by atoms with E-state index in [4.69, 9.17) is 5.73 Å². The average Bonchev–Trinajstić information content (AvgIpc) is 2.29. The fraction of sp³-hybridized carbons (Fsp3) is 0.500.